The summed E-state index contributed by atoms with van der Waals surface area (Å²) in [5.41, 5.74) is 1.21. The minimum atomic E-state index is -0.481. The molecule has 0 aliphatic heterocycles. The van der Waals surface area contributed by atoms with E-state index in [4.69, 9.17) is 10.00 Å². The van der Waals surface area contributed by atoms with Crippen molar-refractivity contribution in [3.05, 3.63) is 63.7 Å². The van der Waals surface area contributed by atoms with Crippen molar-refractivity contribution in [1.29, 1.82) is 5.26 Å². The molecule has 0 unspecified atom stereocenters. The number of nitro groups is 1. The van der Waals surface area contributed by atoms with Crippen LogP contribution < -0.4 is 4.74 Å². The van der Waals surface area contributed by atoms with Crippen LogP contribution >= 0.6 is 15.9 Å². The number of nitriles is 1. The third kappa shape index (κ3) is 3.13. The fraction of sp³-hybridized carbons (Fsp3) is 0.0714. The molecule has 0 aromatic heterocycles. The average Bonchev–Trinajstić information content (AvgIpc) is 2.48. The molecular weight excluding hydrogens is 324 g/mol. The molecule has 0 heterocycles. The Morgan fingerprint density at radius 2 is 1.95 bits per heavy atom. The van der Waals surface area contributed by atoms with Crippen LogP contribution in [0.25, 0.3) is 0 Å². The van der Waals surface area contributed by atoms with E-state index >= 15 is 0 Å². The van der Waals surface area contributed by atoms with Gasteiger partial charge in [-0.3, -0.25) is 10.1 Å². The second-order valence-electron chi connectivity index (χ2n) is 3.93. The first-order chi connectivity index (χ1) is 9.63. The summed E-state index contributed by atoms with van der Waals surface area (Å²) in [7, 11) is 0. The molecule has 0 amide bonds. The lowest BCUT2D eigenvalue weighted by molar-refractivity contribution is -0.385. The quantitative estimate of drug-likeness (QED) is 0.478. The Kier molecular flexibility index (Phi) is 4.33. The van der Waals surface area contributed by atoms with E-state index in [1.807, 2.05) is 6.07 Å². The monoisotopic (exact) mass is 332 g/mol. The molecule has 0 spiro atoms. The molecule has 100 valence electrons. The van der Waals surface area contributed by atoms with Crippen molar-refractivity contribution in [1.82, 2.24) is 0 Å². The molecule has 0 N–H and O–H groups in total. The van der Waals surface area contributed by atoms with Gasteiger partial charge >= 0.3 is 5.69 Å². The Balaban J connectivity index is 2.32. The van der Waals surface area contributed by atoms with Gasteiger partial charge in [0.25, 0.3) is 0 Å². The number of hydrogen-bond acceptors (Lipinski definition) is 4. The molecule has 20 heavy (non-hydrogen) atoms. The van der Waals surface area contributed by atoms with Crippen LogP contribution in [0.15, 0.2) is 42.5 Å². The number of halogens is 1. The second kappa shape index (κ2) is 6.17. The molecule has 5 nitrogen and oxygen atoms in total. The van der Waals surface area contributed by atoms with Crippen molar-refractivity contribution in [3.8, 4) is 17.6 Å². The summed E-state index contributed by atoms with van der Waals surface area (Å²) in [6.45, 7) is 0. The molecule has 0 radical (unpaired) electrons. The molecule has 2 aromatic rings. The van der Waals surface area contributed by atoms with Crippen LogP contribution in [0.3, 0.4) is 0 Å². The van der Waals surface area contributed by atoms with Gasteiger partial charge in [0.05, 0.1) is 16.6 Å². The lowest BCUT2D eigenvalue weighted by atomic mass is 10.2. The standard InChI is InChI=1S/C14H9BrN2O3/c15-8-11-3-6-14(13(7-11)17(18)19)20-12-4-1-10(9-16)2-5-12/h1-7H,8H2. The maximum absolute atomic E-state index is 11.0. The van der Waals surface area contributed by atoms with Gasteiger partial charge in [-0.05, 0) is 35.9 Å². The first-order valence-electron chi connectivity index (χ1n) is 5.65. The first kappa shape index (κ1) is 14.0. The predicted molar refractivity (Wildman–Crippen MR) is 77.0 cm³/mol. The lowest BCUT2D eigenvalue weighted by Crippen LogP contribution is -1.94. The normalized spacial score (nSPS) is 9.80. The third-order valence-electron chi connectivity index (χ3n) is 2.59. The zero-order valence-electron chi connectivity index (χ0n) is 10.2. The number of alkyl halides is 1. The highest BCUT2D eigenvalue weighted by Gasteiger charge is 2.16. The van der Waals surface area contributed by atoms with Crippen LogP contribution in [-0.4, -0.2) is 4.92 Å². The van der Waals surface area contributed by atoms with Gasteiger partial charge in [0.1, 0.15) is 5.75 Å². The van der Waals surface area contributed by atoms with Crippen LogP contribution in [0, 0.1) is 21.4 Å². The maximum atomic E-state index is 11.0. The van der Waals surface area contributed by atoms with Gasteiger partial charge in [-0.25, -0.2) is 0 Å². The number of nitro benzene ring substituents is 1. The van der Waals surface area contributed by atoms with E-state index in [1.54, 1.807) is 36.4 Å². The van der Waals surface area contributed by atoms with Crippen LogP contribution in [-0.2, 0) is 5.33 Å². The van der Waals surface area contributed by atoms with E-state index in [-0.39, 0.29) is 11.4 Å². The SMILES string of the molecule is N#Cc1ccc(Oc2ccc(CBr)cc2[N+](=O)[O-])cc1. The summed E-state index contributed by atoms with van der Waals surface area (Å²) in [6, 6.07) is 13.2. The van der Waals surface area contributed by atoms with Crippen molar-refractivity contribution in [2.75, 3.05) is 0 Å². The first-order valence-corrected chi connectivity index (χ1v) is 6.77. The third-order valence-corrected chi connectivity index (χ3v) is 3.23. The minimum Gasteiger partial charge on any atom is -0.450 e. The van der Waals surface area contributed by atoms with Crippen LogP contribution in [0.1, 0.15) is 11.1 Å². The Bertz CT molecular complexity index is 678. The fourth-order valence-electron chi connectivity index (χ4n) is 1.60. The Labute approximate surface area is 123 Å². The largest absolute Gasteiger partial charge is 0.450 e. The smallest absolute Gasteiger partial charge is 0.311 e. The fourth-order valence-corrected chi connectivity index (χ4v) is 1.95. The Morgan fingerprint density at radius 3 is 2.50 bits per heavy atom. The van der Waals surface area contributed by atoms with Gasteiger partial charge in [0.15, 0.2) is 0 Å². The lowest BCUT2D eigenvalue weighted by Gasteiger charge is -2.07. The molecule has 0 saturated heterocycles. The highest BCUT2D eigenvalue weighted by Crippen LogP contribution is 2.32. The zero-order valence-corrected chi connectivity index (χ0v) is 11.8. The van der Waals surface area contributed by atoms with E-state index in [0.29, 0.717) is 16.6 Å². The second-order valence-corrected chi connectivity index (χ2v) is 4.49. The molecule has 0 fully saturated rings. The van der Waals surface area contributed by atoms with Crippen LogP contribution in [0.4, 0.5) is 5.69 Å². The Morgan fingerprint density at radius 1 is 1.25 bits per heavy atom. The summed E-state index contributed by atoms with van der Waals surface area (Å²) in [4.78, 5) is 10.6. The molecule has 0 bridgehead atoms. The maximum Gasteiger partial charge on any atom is 0.311 e. The highest BCUT2D eigenvalue weighted by molar-refractivity contribution is 9.08. The van der Waals surface area contributed by atoms with Crippen LogP contribution in [0.2, 0.25) is 0 Å². The van der Waals surface area contributed by atoms with Crippen molar-refractivity contribution in [3.63, 3.8) is 0 Å². The van der Waals surface area contributed by atoms with E-state index < -0.39 is 4.92 Å². The van der Waals surface area contributed by atoms with Gasteiger partial charge in [-0.15, -0.1) is 0 Å². The van der Waals surface area contributed by atoms with E-state index in [1.165, 1.54) is 6.07 Å². The van der Waals surface area contributed by atoms with Crippen molar-refractivity contribution < 1.29 is 9.66 Å². The molecule has 0 aliphatic rings. The van der Waals surface area contributed by atoms with Gasteiger partial charge in [-0.1, -0.05) is 22.0 Å². The number of ether oxygens (including phenoxy) is 1. The average molecular weight is 333 g/mol. The van der Waals surface area contributed by atoms with Crippen molar-refractivity contribution >= 4 is 21.6 Å². The van der Waals surface area contributed by atoms with Gasteiger partial charge in [-0.2, -0.15) is 5.26 Å². The van der Waals surface area contributed by atoms with Gasteiger partial charge < -0.3 is 4.74 Å². The highest BCUT2D eigenvalue weighted by atomic mass is 79.9. The summed E-state index contributed by atoms with van der Waals surface area (Å²) < 4.78 is 5.50. The summed E-state index contributed by atoms with van der Waals surface area (Å²) in [5, 5.41) is 20.3. The molecule has 0 atom stereocenters. The van der Waals surface area contributed by atoms with Crippen molar-refractivity contribution in [2.45, 2.75) is 5.33 Å². The molecule has 2 aromatic carbocycles. The van der Waals surface area contributed by atoms with Gasteiger partial charge in [0, 0.05) is 11.4 Å². The Hall–Kier alpha value is -2.39. The molecular formula is C14H9BrN2O3. The summed E-state index contributed by atoms with van der Waals surface area (Å²) in [5.74, 6) is 0.614. The van der Waals surface area contributed by atoms with E-state index in [2.05, 4.69) is 15.9 Å². The zero-order chi connectivity index (χ0) is 14.5. The predicted octanol–water partition coefficient (Wildman–Crippen LogP) is 4.15. The topological polar surface area (TPSA) is 76.2 Å². The summed E-state index contributed by atoms with van der Waals surface area (Å²) >= 11 is 3.25. The number of rotatable bonds is 4. The van der Waals surface area contributed by atoms with Gasteiger partial charge in [0.2, 0.25) is 5.75 Å². The number of nitrogens with zero attached hydrogens (tertiary/aromatic N) is 2. The molecule has 0 aliphatic carbocycles. The van der Waals surface area contributed by atoms with E-state index in [9.17, 15) is 10.1 Å². The minimum absolute atomic E-state index is 0.0914. The summed E-state index contributed by atoms with van der Waals surface area (Å²) in [6.07, 6.45) is 0. The molecule has 0 saturated carbocycles. The molecule has 2 rings (SSSR count). The number of hydrogen-bond donors (Lipinski definition) is 0. The van der Waals surface area contributed by atoms with Crippen molar-refractivity contribution in [2.24, 2.45) is 0 Å². The van der Waals surface area contributed by atoms with E-state index in [0.717, 1.165) is 5.56 Å². The number of benzene rings is 2. The van der Waals surface area contributed by atoms with Crippen LogP contribution in [0.5, 0.6) is 11.5 Å². The molecule has 6 heteroatoms.